The van der Waals surface area contributed by atoms with Gasteiger partial charge in [-0.2, -0.15) is 0 Å². The Morgan fingerprint density at radius 2 is 2.00 bits per heavy atom. The molecule has 1 amide bonds. The lowest BCUT2D eigenvalue weighted by Crippen LogP contribution is -2.39. The average molecular weight is 382 g/mol. The first-order valence-electron chi connectivity index (χ1n) is 8.64. The summed E-state index contributed by atoms with van der Waals surface area (Å²) in [5.41, 5.74) is 1.21. The van der Waals surface area contributed by atoms with Gasteiger partial charge in [-0.3, -0.25) is 0 Å². The minimum atomic E-state index is -0.271. The SMILES string of the molecule is CC(C)[C@@H]1CC[C@@H](C)C[C@H]1OC(=O)NCCc1ccc(Br)cc1. The Morgan fingerprint density at radius 3 is 2.65 bits per heavy atom. The number of hydrogen-bond acceptors (Lipinski definition) is 2. The fourth-order valence-corrected chi connectivity index (χ4v) is 3.65. The van der Waals surface area contributed by atoms with E-state index in [-0.39, 0.29) is 12.2 Å². The number of rotatable bonds is 5. The average Bonchev–Trinajstić information content (AvgIpc) is 2.49. The summed E-state index contributed by atoms with van der Waals surface area (Å²) in [6, 6.07) is 8.16. The number of carbonyl (C=O) groups excluding carboxylic acids is 1. The van der Waals surface area contributed by atoms with Gasteiger partial charge in [0.1, 0.15) is 6.10 Å². The zero-order valence-corrected chi connectivity index (χ0v) is 15.9. The Morgan fingerprint density at radius 1 is 1.30 bits per heavy atom. The van der Waals surface area contributed by atoms with E-state index in [1.807, 2.05) is 12.1 Å². The van der Waals surface area contributed by atoms with Crippen molar-refractivity contribution in [3.63, 3.8) is 0 Å². The van der Waals surface area contributed by atoms with Crippen LogP contribution in [0.5, 0.6) is 0 Å². The molecule has 0 saturated heterocycles. The lowest BCUT2D eigenvalue weighted by molar-refractivity contribution is 0.00631. The second-order valence-electron chi connectivity index (χ2n) is 7.07. The number of halogens is 1. The Labute approximate surface area is 148 Å². The maximum Gasteiger partial charge on any atom is 0.407 e. The van der Waals surface area contributed by atoms with Gasteiger partial charge in [0.25, 0.3) is 0 Å². The minimum absolute atomic E-state index is 0.0615. The first kappa shape index (κ1) is 18.3. The Hall–Kier alpha value is -1.03. The van der Waals surface area contributed by atoms with Crippen LogP contribution in [0.15, 0.2) is 28.7 Å². The molecule has 23 heavy (non-hydrogen) atoms. The Bertz CT molecular complexity index is 501. The van der Waals surface area contributed by atoms with Gasteiger partial charge in [0.05, 0.1) is 0 Å². The largest absolute Gasteiger partial charge is 0.446 e. The van der Waals surface area contributed by atoms with Crippen molar-refractivity contribution in [3.05, 3.63) is 34.3 Å². The zero-order valence-electron chi connectivity index (χ0n) is 14.3. The van der Waals surface area contributed by atoms with Gasteiger partial charge in [-0.25, -0.2) is 4.79 Å². The first-order valence-corrected chi connectivity index (χ1v) is 9.44. The smallest absolute Gasteiger partial charge is 0.407 e. The van der Waals surface area contributed by atoms with E-state index in [0.717, 1.165) is 23.7 Å². The van der Waals surface area contributed by atoms with Crippen LogP contribution in [0.2, 0.25) is 0 Å². The van der Waals surface area contributed by atoms with E-state index >= 15 is 0 Å². The molecule has 3 atom stereocenters. The third-order valence-electron chi connectivity index (χ3n) is 4.82. The van der Waals surface area contributed by atoms with Crippen molar-refractivity contribution in [3.8, 4) is 0 Å². The fraction of sp³-hybridized carbons (Fsp3) is 0.632. The van der Waals surface area contributed by atoms with Gasteiger partial charge < -0.3 is 10.1 Å². The molecule has 0 bridgehead atoms. The number of alkyl carbamates (subject to hydrolysis) is 1. The van der Waals surface area contributed by atoms with Crippen LogP contribution in [0.1, 0.15) is 45.6 Å². The normalized spacial score (nSPS) is 24.5. The van der Waals surface area contributed by atoms with Crippen LogP contribution < -0.4 is 5.32 Å². The molecule has 1 aromatic carbocycles. The molecule has 0 aliphatic heterocycles. The van der Waals surface area contributed by atoms with Gasteiger partial charge in [-0.15, -0.1) is 0 Å². The lowest BCUT2D eigenvalue weighted by atomic mass is 9.75. The monoisotopic (exact) mass is 381 g/mol. The number of amides is 1. The summed E-state index contributed by atoms with van der Waals surface area (Å²) in [5, 5.41) is 2.89. The molecule has 3 nitrogen and oxygen atoms in total. The molecule has 0 unspecified atom stereocenters. The fourth-order valence-electron chi connectivity index (χ4n) is 3.39. The van der Waals surface area contributed by atoms with Gasteiger partial charge in [-0.1, -0.05) is 55.3 Å². The maximum absolute atomic E-state index is 12.1. The lowest BCUT2D eigenvalue weighted by Gasteiger charge is -2.36. The van der Waals surface area contributed by atoms with Gasteiger partial charge in [0, 0.05) is 11.0 Å². The highest BCUT2D eigenvalue weighted by molar-refractivity contribution is 9.10. The van der Waals surface area contributed by atoms with E-state index in [1.54, 1.807) is 0 Å². The molecule has 1 fully saturated rings. The molecule has 1 aliphatic carbocycles. The quantitative estimate of drug-likeness (QED) is 0.762. The molecule has 1 N–H and O–H groups in total. The highest BCUT2D eigenvalue weighted by Crippen LogP contribution is 2.35. The number of ether oxygens (including phenoxy) is 1. The van der Waals surface area contributed by atoms with Crippen molar-refractivity contribution in [1.82, 2.24) is 5.32 Å². The molecular formula is C19H28BrNO2. The third kappa shape index (κ3) is 5.83. The molecule has 2 rings (SSSR count). The second kappa shape index (κ2) is 8.72. The standard InChI is InChI=1S/C19H28BrNO2/c1-13(2)17-9-4-14(3)12-18(17)23-19(22)21-11-10-15-5-7-16(20)8-6-15/h5-8,13-14,17-18H,4,9-12H2,1-3H3,(H,21,22)/t14-,17+,18-/m1/s1. The third-order valence-corrected chi connectivity index (χ3v) is 5.34. The van der Waals surface area contributed by atoms with Gasteiger partial charge >= 0.3 is 6.09 Å². The molecule has 128 valence electrons. The minimum Gasteiger partial charge on any atom is -0.446 e. The van der Waals surface area contributed by atoms with Crippen LogP contribution in [0.25, 0.3) is 0 Å². The molecule has 0 heterocycles. The highest BCUT2D eigenvalue weighted by atomic mass is 79.9. The van der Waals surface area contributed by atoms with Crippen LogP contribution in [0, 0.1) is 17.8 Å². The molecule has 4 heteroatoms. The summed E-state index contributed by atoms with van der Waals surface area (Å²) in [6.45, 7) is 7.30. The van der Waals surface area contributed by atoms with Crippen LogP contribution in [-0.2, 0) is 11.2 Å². The topological polar surface area (TPSA) is 38.3 Å². The summed E-state index contributed by atoms with van der Waals surface area (Å²) in [5.74, 6) is 1.69. The van der Waals surface area contributed by atoms with Gasteiger partial charge in [0.15, 0.2) is 0 Å². The summed E-state index contributed by atoms with van der Waals surface area (Å²) in [4.78, 5) is 12.1. The number of nitrogens with one attached hydrogen (secondary N) is 1. The number of hydrogen-bond donors (Lipinski definition) is 1. The van der Waals surface area contributed by atoms with E-state index < -0.39 is 0 Å². The van der Waals surface area contributed by atoms with Crippen molar-refractivity contribution in [2.75, 3.05) is 6.54 Å². The van der Waals surface area contributed by atoms with E-state index in [0.29, 0.717) is 24.3 Å². The molecule has 1 aromatic rings. The first-order chi connectivity index (χ1) is 11.0. The van der Waals surface area contributed by atoms with Crippen LogP contribution in [-0.4, -0.2) is 18.7 Å². The summed E-state index contributed by atoms with van der Waals surface area (Å²) in [7, 11) is 0. The Balaban J connectivity index is 1.77. The van der Waals surface area contributed by atoms with E-state index in [1.165, 1.54) is 12.0 Å². The zero-order chi connectivity index (χ0) is 16.8. The number of benzene rings is 1. The molecular weight excluding hydrogens is 354 g/mol. The molecule has 1 saturated carbocycles. The van der Waals surface area contributed by atoms with Crippen molar-refractivity contribution in [2.45, 2.75) is 52.6 Å². The van der Waals surface area contributed by atoms with Gasteiger partial charge in [-0.05, 0) is 54.7 Å². The van der Waals surface area contributed by atoms with Crippen LogP contribution in [0.4, 0.5) is 4.79 Å². The van der Waals surface area contributed by atoms with E-state index in [4.69, 9.17) is 4.74 Å². The van der Waals surface area contributed by atoms with Gasteiger partial charge in [0.2, 0.25) is 0 Å². The van der Waals surface area contributed by atoms with Crippen LogP contribution in [0.3, 0.4) is 0 Å². The van der Waals surface area contributed by atoms with Crippen LogP contribution >= 0.6 is 15.9 Å². The maximum atomic E-state index is 12.1. The molecule has 0 radical (unpaired) electrons. The van der Waals surface area contributed by atoms with E-state index in [9.17, 15) is 4.79 Å². The van der Waals surface area contributed by atoms with Crippen molar-refractivity contribution >= 4 is 22.0 Å². The molecule has 0 aromatic heterocycles. The van der Waals surface area contributed by atoms with Crippen molar-refractivity contribution < 1.29 is 9.53 Å². The van der Waals surface area contributed by atoms with Crippen molar-refractivity contribution in [1.29, 1.82) is 0 Å². The summed E-state index contributed by atoms with van der Waals surface area (Å²) in [6.07, 6.45) is 4.00. The van der Waals surface area contributed by atoms with Crippen molar-refractivity contribution in [2.24, 2.45) is 17.8 Å². The predicted molar refractivity (Wildman–Crippen MR) is 97.5 cm³/mol. The summed E-state index contributed by atoms with van der Waals surface area (Å²) < 4.78 is 6.80. The molecule has 0 spiro atoms. The molecule has 1 aliphatic rings. The number of carbonyl (C=O) groups is 1. The second-order valence-corrected chi connectivity index (χ2v) is 7.99. The highest BCUT2D eigenvalue weighted by Gasteiger charge is 2.33. The predicted octanol–water partition coefficient (Wildman–Crippen LogP) is 5.18. The Kier molecular flexibility index (Phi) is 6.94. The van der Waals surface area contributed by atoms with E-state index in [2.05, 4.69) is 54.2 Å². The summed E-state index contributed by atoms with van der Waals surface area (Å²) >= 11 is 3.42.